The standard InChI is InChI=1S/C12H8Cl3N/c13-8-1-4-10(5-2-8)16-12-6-3-9(14)7-11(12)15/h1-7,16H. The lowest BCUT2D eigenvalue weighted by molar-refractivity contribution is 1.55. The van der Waals surface area contributed by atoms with E-state index >= 15 is 0 Å². The van der Waals surface area contributed by atoms with E-state index in [9.17, 15) is 0 Å². The van der Waals surface area contributed by atoms with Gasteiger partial charge in [0, 0.05) is 15.7 Å². The van der Waals surface area contributed by atoms with Gasteiger partial charge in [0.15, 0.2) is 0 Å². The van der Waals surface area contributed by atoms with Crippen molar-refractivity contribution >= 4 is 46.2 Å². The predicted octanol–water partition coefficient (Wildman–Crippen LogP) is 5.39. The molecule has 0 saturated carbocycles. The van der Waals surface area contributed by atoms with Crippen molar-refractivity contribution < 1.29 is 0 Å². The first kappa shape index (κ1) is 11.6. The molecule has 1 N–H and O–H groups in total. The van der Waals surface area contributed by atoms with Crippen LogP contribution in [-0.4, -0.2) is 0 Å². The Balaban J connectivity index is 2.23. The fraction of sp³-hybridized carbons (Fsp3) is 0. The van der Waals surface area contributed by atoms with Crippen LogP contribution in [0, 0.1) is 0 Å². The van der Waals surface area contributed by atoms with E-state index in [1.165, 1.54) is 0 Å². The molecule has 0 atom stereocenters. The highest BCUT2D eigenvalue weighted by atomic mass is 35.5. The monoisotopic (exact) mass is 271 g/mol. The minimum atomic E-state index is 0.586. The van der Waals surface area contributed by atoms with Gasteiger partial charge in [0.25, 0.3) is 0 Å². The summed E-state index contributed by atoms with van der Waals surface area (Å²) in [6.07, 6.45) is 0. The minimum Gasteiger partial charge on any atom is -0.354 e. The average molecular weight is 273 g/mol. The summed E-state index contributed by atoms with van der Waals surface area (Å²) in [6, 6.07) is 12.7. The van der Waals surface area contributed by atoms with Crippen molar-refractivity contribution in [3.05, 3.63) is 57.5 Å². The summed E-state index contributed by atoms with van der Waals surface area (Å²) in [5.74, 6) is 0. The Labute approximate surface area is 109 Å². The summed E-state index contributed by atoms with van der Waals surface area (Å²) < 4.78 is 0. The maximum atomic E-state index is 6.04. The van der Waals surface area contributed by atoms with Gasteiger partial charge < -0.3 is 5.32 Å². The van der Waals surface area contributed by atoms with Crippen LogP contribution in [0.1, 0.15) is 0 Å². The highest BCUT2D eigenvalue weighted by Gasteiger charge is 2.01. The number of hydrogen-bond acceptors (Lipinski definition) is 1. The maximum Gasteiger partial charge on any atom is 0.0655 e. The van der Waals surface area contributed by atoms with Gasteiger partial charge in [-0.05, 0) is 42.5 Å². The second kappa shape index (κ2) is 4.96. The Kier molecular flexibility index (Phi) is 3.59. The summed E-state index contributed by atoms with van der Waals surface area (Å²) >= 11 is 17.6. The Morgan fingerprint density at radius 1 is 0.750 bits per heavy atom. The van der Waals surface area contributed by atoms with Gasteiger partial charge in [-0.25, -0.2) is 0 Å². The maximum absolute atomic E-state index is 6.04. The van der Waals surface area contributed by atoms with Crippen molar-refractivity contribution in [2.45, 2.75) is 0 Å². The molecule has 0 aromatic heterocycles. The molecule has 2 aromatic carbocycles. The van der Waals surface area contributed by atoms with Gasteiger partial charge in [-0.3, -0.25) is 0 Å². The Morgan fingerprint density at radius 3 is 2.00 bits per heavy atom. The molecule has 0 bridgehead atoms. The van der Waals surface area contributed by atoms with E-state index in [2.05, 4.69) is 5.32 Å². The zero-order chi connectivity index (χ0) is 11.5. The van der Waals surface area contributed by atoms with E-state index in [-0.39, 0.29) is 0 Å². The summed E-state index contributed by atoms with van der Waals surface area (Å²) in [4.78, 5) is 0. The zero-order valence-electron chi connectivity index (χ0n) is 8.18. The van der Waals surface area contributed by atoms with Gasteiger partial charge in [0.1, 0.15) is 0 Å². The molecule has 82 valence electrons. The number of hydrogen-bond donors (Lipinski definition) is 1. The van der Waals surface area contributed by atoms with Crippen LogP contribution in [0.2, 0.25) is 15.1 Å². The second-order valence-corrected chi connectivity index (χ2v) is 4.54. The first-order chi connectivity index (χ1) is 7.65. The highest BCUT2D eigenvalue weighted by molar-refractivity contribution is 6.36. The van der Waals surface area contributed by atoms with Crippen LogP contribution in [-0.2, 0) is 0 Å². The molecule has 2 aromatic rings. The third-order valence-electron chi connectivity index (χ3n) is 2.05. The third-order valence-corrected chi connectivity index (χ3v) is 2.85. The van der Waals surface area contributed by atoms with Crippen molar-refractivity contribution in [1.82, 2.24) is 0 Å². The number of rotatable bonds is 2. The lowest BCUT2D eigenvalue weighted by Crippen LogP contribution is -1.90. The van der Waals surface area contributed by atoms with Crippen molar-refractivity contribution in [1.29, 1.82) is 0 Å². The molecular weight excluding hydrogens is 264 g/mol. The van der Waals surface area contributed by atoms with E-state index in [0.717, 1.165) is 11.4 Å². The molecule has 0 unspecified atom stereocenters. The van der Waals surface area contributed by atoms with Crippen molar-refractivity contribution in [2.24, 2.45) is 0 Å². The Morgan fingerprint density at radius 2 is 1.38 bits per heavy atom. The quantitative estimate of drug-likeness (QED) is 0.773. The molecule has 0 saturated heterocycles. The number of halogens is 3. The minimum absolute atomic E-state index is 0.586. The molecule has 16 heavy (non-hydrogen) atoms. The van der Waals surface area contributed by atoms with Crippen LogP contribution in [0.3, 0.4) is 0 Å². The zero-order valence-corrected chi connectivity index (χ0v) is 10.4. The largest absolute Gasteiger partial charge is 0.354 e. The first-order valence-corrected chi connectivity index (χ1v) is 5.76. The smallest absolute Gasteiger partial charge is 0.0655 e. The SMILES string of the molecule is Clc1ccc(Nc2ccc(Cl)cc2Cl)cc1. The molecular formula is C12H8Cl3N. The van der Waals surface area contributed by atoms with Gasteiger partial charge in [-0.15, -0.1) is 0 Å². The summed E-state index contributed by atoms with van der Waals surface area (Å²) in [6.45, 7) is 0. The van der Waals surface area contributed by atoms with Gasteiger partial charge in [-0.1, -0.05) is 34.8 Å². The number of anilines is 2. The third kappa shape index (κ3) is 2.82. The number of nitrogens with one attached hydrogen (secondary N) is 1. The van der Waals surface area contributed by atoms with Crippen LogP contribution in [0.15, 0.2) is 42.5 Å². The molecule has 0 fully saturated rings. The molecule has 2 rings (SSSR count). The Bertz CT molecular complexity index is 494. The van der Waals surface area contributed by atoms with E-state index in [0.29, 0.717) is 15.1 Å². The van der Waals surface area contributed by atoms with Gasteiger partial charge >= 0.3 is 0 Å². The van der Waals surface area contributed by atoms with Crippen molar-refractivity contribution in [3.63, 3.8) is 0 Å². The van der Waals surface area contributed by atoms with Crippen LogP contribution >= 0.6 is 34.8 Å². The van der Waals surface area contributed by atoms with Crippen LogP contribution in [0.5, 0.6) is 0 Å². The van der Waals surface area contributed by atoms with E-state index in [1.54, 1.807) is 12.1 Å². The highest BCUT2D eigenvalue weighted by Crippen LogP contribution is 2.28. The molecule has 4 heteroatoms. The molecule has 0 heterocycles. The van der Waals surface area contributed by atoms with Crippen LogP contribution < -0.4 is 5.32 Å². The second-order valence-electron chi connectivity index (χ2n) is 3.26. The predicted molar refractivity (Wildman–Crippen MR) is 71.2 cm³/mol. The molecule has 0 amide bonds. The molecule has 0 spiro atoms. The Hall–Kier alpha value is -0.890. The van der Waals surface area contributed by atoms with E-state index in [4.69, 9.17) is 34.8 Å². The van der Waals surface area contributed by atoms with Gasteiger partial charge in [0.2, 0.25) is 0 Å². The van der Waals surface area contributed by atoms with Crippen LogP contribution in [0.25, 0.3) is 0 Å². The number of benzene rings is 2. The summed E-state index contributed by atoms with van der Waals surface area (Å²) in [7, 11) is 0. The summed E-state index contributed by atoms with van der Waals surface area (Å²) in [5, 5.41) is 5.08. The lowest BCUT2D eigenvalue weighted by atomic mass is 10.2. The molecule has 0 aliphatic heterocycles. The topological polar surface area (TPSA) is 12.0 Å². The fourth-order valence-corrected chi connectivity index (χ4v) is 1.86. The fourth-order valence-electron chi connectivity index (χ4n) is 1.28. The van der Waals surface area contributed by atoms with Gasteiger partial charge in [-0.2, -0.15) is 0 Å². The molecule has 0 radical (unpaired) electrons. The lowest BCUT2D eigenvalue weighted by Gasteiger charge is -2.08. The summed E-state index contributed by atoms with van der Waals surface area (Å²) in [5.41, 5.74) is 1.74. The molecule has 0 aliphatic rings. The molecule has 1 nitrogen and oxygen atoms in total. The average Bonchev–Trinajstić information content (AvgIpc) is 2.25. The normalized spacial score (nSPS) is 10.2. The van der Waals surface area contributed by atoms with Crippen molar-refractivity contribution in [2.75, 3.05) is 5.32 Å². The van der Waals surface area contributed by atoms with Crippen LogP contribution in [0.4, 0.5) is 11.4 Å². The van der Waals surface area contributed by atoms with E-state index in [1.807, 2.05) is 30.3 Å². The van der Waals surface area contributed by atoms with Crippen molar-refractivity contribution in [3.8, 4) is 0 Å². The van der Waals surface area contributed by atoms with E-state index < -0.39 is 0 Å². The first-order valence-electron chi connectivity index (χ1n) is 4.63. The van der Waals surface area contributed by atoms with Gasteiger partial charge in [0.05, 0.1) is 10.7 Å². The molecule has 0 aliphatic carbocycles.